The standard InChI is InChI=1S/C15H23N3O/c1-2-4-15(5-3-1)17-8-6-14(7-9-17)16-18-10-12-19-13-11-18/h1-5,14,16H,6-13H2. The van der Waals surface area contributed by atoms with Gasteiger partial charge in [-0.2, -0.15) is 0 Å². The van der Waals surface area contributed by atoms with E-state index < -0.39 is 0 Å². The first kappa shape index (κ1) is 12.9. The molecule has 0 aliphatic carbocycles. The van der Waals surface area contributed by atoms with Crippen molar-refractivity contribution in [3.8, 4) is 0 Å². The zero-order chi connectivity index (χ0) is 12.9. The Morgan fingerprint density at radius 3 is 2.32 bits per heavy atom. The first-order valence-corrected chi connectivity index (χ1v) is 7.31. The van der Waals surface area contributed by atoms with Gasteiger partial charge in [0.05, 0.1) is 13.2 Å². The molecule has 0 atom stereocenters. The Kier molecular flexibility index (Phi) is 4.33. The molecule has 4 heteroatoms. The summed E-state index contributed by atoms with van der Waals surface area (Å²) in [6, 6.07) is 11.3. The van der Waals surface area contributed by atoms with Crippen molar-refractivity contribution < 1.29 is 4.74 Å². The highest BCUT2D eigenvalue weighted by Crippen LogP contribution is 2.19. The van der Waals surface area contributed by atoms with Gasteiger partial charge in [0.25, 0.3) is 0 Å². The van der Waals surface area contributed by atoms with Gasteiger partial charge in [-0.1, -0.05) is 18.2 Å². The zero-order valence-corrected chi connectivity index (χ0v) is 11.4. The second-order valence-corrected chi connectivity index (χ2v) is 5.33. The van der Waals surface area contributed by atoms with Crippen molar-refractivity contribution >= 4 is 5.69 Å². The Bertz CT molecular complexity index is 370. The summed E-state index contributed by atoms with van der Waals surface area (Å²) >= 11 is 0. The average molecular weight is 261 g/mol. The fraction of sp³-hybridized carbons (Fsp3) is 0.600. The monoisotopic (exact) mass is 261 g/mol. The van der Waals surface area contributed by atoms with Gasteiger partial charge in [-0.25, -0.2) is 5.01 Å². The maximum absolute atomic E-state index is 5.37. The lowest BCUT2D eigenvalue weighted by Crippen LogP contribution is -2.53. The van der Waals surface area contributed by atoms with Gasteiger partial charge in [-0.05, 0) is 25.0 Å². The number of ether oxygens (including phenoxy) is 1. The largest absolute Gasteiger partial charge is 0.379 e. The van der Waals surface area contributed by atoms with Crippen molar-refractivity contribution in [3.63, 3.8) is 0 Å². The summed E-state index contributed by atoms with van der Waals surface area (Å²) in [6.45, 7) is 6.03. The second-order valence-electron chi connectivity index (χ2n) is 5.33. The minimum atomic E-state index is 0.623. The molecule has 2 aliphatic heterocycles. The predicted molar refractivity (Wildman–Crippen MR) is 77.2 cm³/mol. The molecule has 0 aromatic heterocycles. The van der Waals surface area contributed by atoms with Crippen molar-refractivity contribution in [2.24, 2.45) is 0 Å². The lowest BCUT2D eigenvalue weighted by Gasteiger charge is -2.37. The molecule has 3 rings (SSSR count). The summed E-state index contributed by atoms with van der Waals surface area (Å²) in [5.74, 6) is 0. The molecule has 19 heavy (non-hydrogen) atoms. The van der Waals surface area contributed by atoms with Crippen LogP contribution in [0.25, 0.3) is 0 Å². The van der Waals surface area contributed by atoms with Crippen LogP contribution in [-0.4, -0.2) is 50.4 Å². The van der Waals surface area contributed by atoms with E-state index in [1.54, 1.807) is 0 Å². The number of hydrogen-bond acceptors (Lipinski definition) is 4. The molecule has 0 bridgehead atoms. The van der Waals surface area contributed by atoms with Gasteiger partial charge in [0.1, 0.15) is 0 Å². The van der Waals surface area contributed by atoms with Gasteiger partial charge in [0, 0.05) is 37.9 Å². The van der Waals surface area contributed by atoms with Crippen LogP contribution < -0.4 is 10.3 Å². The number of benzene rings is 1. The third-order valence-electron chi connectivity index (χ3n) is 3.99. The summed E-state index contributed by atoms with van der Waals surface area (Å²) in [4.78, 5) is 2.48. The minimum Gasteiger partial charge on any atom is -0.379 e. The molecule has 0 radical (unpaired) electrons. The number of piperidine rings is 1. The van der Waals surface area contributed by atoms with E-state index in [1.165, 1.54) is 18.5 Å². The molecule has 2 saturated heterocycles. The Hall–Kier alpha value is -1.10. The third kappa shape index (κ3) is 3.47. The summed E-state index contributed by atoms with van der Waals surface area (Å²) in [7, 11) is 0. The molecule has 2 heterocycles. The van der Waals surface area contributed by atoms with Crippen molar-refractivity contribution in [1.29, 1.82) is 0 Å². The Morgan fingerprint density at radius 2 is 1.63 bits per heavy atom. The van der Waals surface area contributed by atoms with E-state index >= 15 is 0 Å². The maximum atomic E-state index is 5.37. The van der Waals surface area contributed by atoms with Crippen LogP contribution in [0.1, 0.15) is 12.8 Å². The van der Waals surface area contributed by atoms with Crippen LogP contribution in [0.15, 0.2) is 30.3 Å². The molecule has 4 nitrogen and oxygen atoms in total. The van der Waals surface area contributed by atoms with E-state index in [9.17, 15) is 0 Å². The van der Waals surface area contributed by atoms with E-state index in [4.69, 9.17) is 4.74 Å². The molecule has 2 fully saturated rings. The van der Waals surface area contributed by atoms with Gasteiger partial charge < -0.3 is 9.64 Å². The highest BCUT2D eigenvalue weighted by Gasteiger charge is 2.21. The fourth-order valence-electron chi connectivity index (χ4n) is 2.86. The number of nitrogens with zero attached hydrogens (tertiary/aromatic N) is 2. The van der Waals surface area contributed by atoms with Crippen LogP contribution in [-0.2, 0) is 4.74 Å². The molecule has 104 valence electrons. The van der Waals surface area contributed by atoms with Gasteiger partial charge in [-0.3, -0.25) is 5.43 Å². The topological polar surface area (TPSA) is 27.7 Å². The maximum Gasteiger partial charge on any atom is 0.0608 e. The second kappa shape index (κ2) is 6.37. The lowest BCUT2D eigenvalue weighted by atomic mass is 10.0. The van der Waals surface area contributed by atoms with E-state index in [2.05, 4.69) is 45.7 Å². The summed E-state index contributed by atoms with van der Waals surface area (Å²) < 4.78 is 5.37. The van der Waals surface area contributed by atoms with E-state index in [0.29, 0.717) is 6.04 Å². The first-order valence-electron chi connectivity index (χ1n) is 7.31. The smallest absolute Gasteiger partial charge is 0.0608 e. The van der Waals surface area contributed by atoms with Crippen molar-refractivity contribution in [1.82, 2.24) is 10.4 Å². The molecular formula is C15H23N3O. The molecular weight excluding hydrogens is 238 g/mol. The number of anilines is 1. The number of hydrazine groups is 1. The molecule has 0 amide bonds. The van der Waals surface area contributed by atoms with Crippen LogP contribution in [0, 0.1) is 0 Å². The first-order chi connectivity index (χ1) is 9.42. The van der Waals surface area contributed by atoms with Crippen LogP contribution in [0.4, 0.5) is 5.69 Å². The summed E-state index contributed by atoms with van der Waals surface area (Å²) in [5.41, 5.74) is 5.01. The third-order valence-corrected chi connectivity index (χ3v) is 3.99. The lowest BCUT2D eigenvalue weighted by molar-refractivity contribution is 0.00156. The molecule has 0 spiro atoms. The number of hydrogen-bond donors (Lipinski definition) is 1. The van der Waals surface area contributed by atoms with Crippen molar-refractivity contribution in [3.05, 3.63) is 30.3 Å². The van der Waals surface area contributed by atoms with Crippen LogP contribution >= 0.6 is 0 Å². The Balaban J connectivity index is 1.46. The zero-order valence-electron chi connectivity index (χ0n) is 11.4. The van der Waals surface area contributed by atoms with E-state index in [1.807, 2.05) is 0 Å². The van der Waals surface area contributed by atoms with Gasteiger partial charge in [0.15, 0.2) is 0 Å². The van der Waals surface area contributed by atoms with Gasteiger partial charge >= 0.3 is 0 Å². The van der Waals surface area contributed by atoms with Crippen LogP contribution in [0.5, 0.6) is 0 Å². The normalized spacial score (nSPS) is 22.6. The minimum absolute atomic E-state index is 0.623. The quantitative estimate of drug-likeness (QED) is 0.892. The highest BCUT2D eigenvalue weighted by molar-refractivity contribution is 5.46. The SMILES string of the molecule is c1ccc(N2CCC(NN3CCOCC3)CC2)cc1. The summed E-state index contributed by atoms with van der Waals surface area (Å²) in [6.07, 6.45) is 2.43. The number of rotatable bonds is 3. The number of morpholine rings is 1. The Labute approximate surface area is 115 Å². The van der Waals surface area contributed by atoms with Gasteiger partial charge in [-0.15, -0.1) is 0 Å². The van der Waals surface area contributed by atoms with Crippen LogP contribution in [0.2, 0.25) is 0 Å². The van der Waals surface area contributed by atoms with Crippen molar-refractivity contribution in [2.75, 3.05) is 44.3 Å². The molecule has 2 aliphatic rings. The average Bonchev–Trinajstić information content (AvgIpc) is 2.50. The van der Waals surface area contributed by atoms with Crippen LogP contribution in [0.3, 0.4) is 0 Å². The number of para-hydroxylation sites is 1. The highest BCUT2D eigenvalue weighted by atomic mass is 16.5. The molecule has 0 saturated carbocycles. The summed E-state index contributed by atoms with van der Waals surface area (Å²) in [5, 5.41) is 2.33. The van der Waals surface area contributed by atoms with E-state index in [-0.39, 0.29) is 0 Å². The predicted octanol–water partition coefficient (Wildman–Crippen LogP) is 1.49. The Morgan fingerprint density at radius 1 is 0.947 bits per heavy atom. The fourth-order valence-corrected chi connectivity index (χ4v) is 2.86. The molecule has 1 N–H and O–H groups in total. The van der Waals surface area contributed by atoms with E-state index in [0.717, 1.165) is 39.4 Å². The number of nitrogens with one attached hydrogen (secondary N) is 1. The van der Waals surface area contributed by atoms with Gasteiger partial charge in [0.2, 0.25) is 0 Å². The van der Waals surface area contributed by atoms with Crippen molar-refractivity contribution in [2.45, 2.75) is 18.9 Å². The molecule has 1 aromatic carbocycles. The molecule has 1 aromatic rings. The molecule has 0 unspecified atom stereocenters.